The summed E-state index contributed by atoms with van der Waals surface area (Å²) < 4.78 is 0. The number of aryl methyl sites for hydroxylation is 1. The molecule has 4 aliphatic rings. The molecule has 4 heteroatoms. The Morgan fingerprint density at radius 2 is 1.61 bits per heavy atom. The van der Waals surface area contributed by atoms with Crippen molar-refractivity contribution in [3.63, 3.8) is 0 Å². The molecule has 0 unspecified atom stereocenters. The average Bonchev–Trinajstić information content (AvgIpc) is 2.66. The van der Waals surface area contributed by atoms with E-state index in [1.54, 1.807) is 6.92 Å². The predicted octanol–water partition coefficient (Wildman–Crippen LogP) is 4.69. The molecular formula is C24H34N2O2. The Labute approximate surface area is 168 Å². The zero-order valence-corrected chi connectivity index (χ0v) is 17.3. The molecule has 2 amide bonds. The first-order valence-electron chi connectivity index (χ1n) is 11.2. The second-order valence-electron chi connectivity index (χ2n) is 9.68. The summed E-state index contributed by atoms with van der Waals surface area (Å²) in [6.45, 7) is 3.98. The van der Waals surface area contributed by atoms with Gasteiger partial charge in [-0.05, 0) is 93.7 Å². The second-order valence-corrected chi connectivity index (χ2v) is 9.68. The van der Waals surface area contributed by atoms with E-state index in [2.05, 4.69) is 29.7 Å². The van der Waals surface area contributed by atoms with Crippen LogP contribution in [0, 0.1) is 23.2 Å². The Hall–Kier alpha value is -1.84. The maximum Gasteiger partial charge on any atom is 0.246 e. The molecule has 4 aliphatic carbocycles. The van der Waals surface area contributed by atoms with Crippen molar-refractivity contribution in [2.75, 3.05) is 5.32 Å². The second kappa shape index (κ2) is 7.88. The highest BCUT2D eigenvalue weighted by Gasteiger charge is 2.54. The SMILES string of the molecule is CCCCc1ccc(NC(=O)[C@H](C)NC(=O)C23CC4CC(CC(C4)C2)C3)cc1. The molecule has 0 saturated heterocycles. The summed E-state index contributed by atoms with van der Waals surface area (Å²) in [5.41, 5.74) is 1.88. The number of hydrogen-bond acceptors (Lipinski definition) is 2. The lowest BCUT2D eigenvalue weighted by atomic mass is 9.49. The first kappa shape index (κ1) is 19.5. The number of unbranched alkanes of at least 4 members (excludes halogenated alkanes) is 1. The molecule has 1 atom stereocenters. The van der Waals surface area contributed by atoms with E-state index in [-0.39, 0.29) is 17.2 Å². The number of hydrogen-bond donors (Lipinski definition) is 2. The quantitative estimate of drug-likeness (QED) is 0.719. The topological polar surface area (TPSA) is 58.2 Å². The minimum absolute atomic E-state index is 0.115. The maximum atomic E-state index is 13.1. The fourth-order valence-electron chi connectivity index (χ4n) is 6.19. The number of carbonyl (C=O) groups is 2. The Morgan fingerprint density at radius 1 is 1.04 bits per heavy atom. The predicted molar refractivity (Wildman–Crippen MR) is 112 cm³/mol. The van der Waals surface area contributed by atoms with E-state index >= 15 is 0 Å². The standard InChI is InChI=1S/C24H34N2O2/c1-3-4-5-17-6-8-21(9-7-17)26-22(27)16(2)25-23(28)24-13-18-10-19(14-24)12-20(11-18)15-24/h6-9,16,18-20H,3-5,10-15H2,1-2H3,(H,25,28)(H,26,27)/t16-,18?,19?,20?,24?/m0/s1. The molecule has 0 heterocycles. The third kappa shape index (κ3) is 3.97. The van der Waals surface area contributed by atoms with Crippen LogP contribution in [0.3, 0.4) is 0 Å². The van der Waals surface area contributed by atoms with Gasteiger partial charge in [-0.1, -0.05) is 25.5 Å². The number of benzene rings is 1. The van der Waals surface area contributed by atoms with Crippen molar-refractivity contribution >= 4 is 17.5 Å². The van der Waals surface area contributed by atoms with Crippen LogP contribution in [0.5, 0.6) is 0 Å². The van der Waals surface area contributed by atoms with Gasteiger partial charge in [0.25, 0.3) is 0 Å². The van der Waals surface area contributed by atoms with Gasteiger partial charge in [0.05, 0.1) is 0 Å². The van der Waals surface area contributed by atoms with Crippen LogP contribution in [0.15, 0.2) is 24.3 Å². The van der Waals surface area contributed by atoms with E-state index in [1.165, 1.54) is 37.7 Å². The number of amides is 2. The summed E-state index contributed by atoms with van der Waals surface area (Å²) in [5.74, 6) is 2.16. The van der Waals surface area contributed by atoms with Gasteiger partial charge in [0.1, 0.15) is 6.04 Å². The lowest BCUT2D eigenvalue weighted by Crippen LogP contribution is -2.56. The van der Waals surface area contributed by atoms with Crippen molar-refractivity contribution in [1.29, 1.82) is 0 Å². The molecule has 5 rings (SSSR count). The Kier molecular flexibility index (Phi) is 5.48. The van der Waals surface area contributed by atoms with Crippen LogP contribution in [-0.4, -0.2) is 17.9 Å². The molecule has 0 radical (unpaired) electrons. The third-order valence-corrected chi connectivity index (χ3v) is 7.30. The molecule has 28 heavy (non-hydrogen) atoms. The molecule has 0 aliphatic heterocycles. The maximum absolute atomic E-state index is 13.1. The minimum Gasteiger partial charge on any atom is -0.344 e. The van der Waals surface area contributed by atoms with Gasteiger partial charge in [0.15, 0.2) is 0 Å². The van der Waals surface area contributed by atoms with Crippen LogP contribution in [-0.2, 0) is 16.0 Å². The van der Waals surface area contributed by atoms with Crippen molar-refractivity contribution in [2.24, 2.45) is 23.2 Å². The molecular weight excluding hydrogens is 348 g/mol. The number of anilines is 1. The van der Waals surface area contributed by atoms with Crippen LogP contribution in [0.2, 0.25) is 0 Å². The molecule has 1 aromatic carbocycles. The Balaban J connectivity index is 1.32. The van der Waals surface area contributed by atoms with Crippen LogP contribution in [0.25, 0.3) is 0 Å². The van der Waals surface area contributed by atoms with Crippen molar-refractivity contribution < 1.29 is 9.59 Å². The zero-order chi connectivity index (χ0) is 19.7. The van der Waals surface area contributed by atoms with Crippen LogP contribution >= 0.6 is 0 Å². The molecule has 0 aromatic heterocycles. The molecule has 152 valence electrons. The minimum atomic E-state index is -0.514. The summed E-state index contributed by atoms with van der Waals surface area (Å²) in [7, 11) is 0. The number of rotatable bonds is 7. The van der Waals surface area contributed by atoms with Crippen LogP contribution in [0.4, 0.5) is 5.69 Å². The van der Waals surface area contributed by atoms with Gasteiger partial charge >= 0.3 is 0 Å². The van der Waals surface area contributed by atoms with Crippen molar-refractivity contribution in [3.8, 4) is 0 Å². The molecule has 4 bridgehead atoms. The number of nitrogens with one attached hydrogen (secondary N) is 2. The van der Waals surface area contributed by atoms with Gasteiger partial charge in [0, 0.05) is 11.1 Å². The van der Waals surface area contributed by atoms with Crippen LogP contribution in [0.1, 0.15) is 70.8 Å². The van der Waals surface area contributed by atoms with Gasteiger partial charge in [-0.15, -0.1) is 0 Å². The highest BCUT2D eigenvalue weighted by atomic mass is 16.2. The fraction of sp³-hybridized carbons (Fsp3) is 0.667. The lowest BCUT2D eigenvalue weighted by molar-refractivity contribution is -0.147. The number of carbonyl (C=O) groups excluding carboxylic acids is 2. The highest BCUT2D eigenvalue weighted by Crippen LogP contribution is 2.60. The third-order valence-electron chi connectivity index (χ3n) is 7.30. The monoisotopic (exact) mass is 382 g/mol. The molecule has 2 N–H and O–H groups in total. The molecule has 4 fully saturated rings. The summed E-state index contributed by atoms with van der Waals surface area (Å²) in [6, 6.07) is 7.54. The van der Waals surface area contributed by atoms with E-state index in [0.29, 0.717) is 0 Å². The summed E-state index contributed by atoms with van der Waals surface area (Å²) >= 11 is 0. The Bertz CT molecular complexity index is 689. The van der Waals surface area contributed by atoms with Gasteiger partial charge < -0.3 is 10.6 Å². The van der Waals surface area contributed by atoms with Crippen LogP contribution < -0.4 is 10.6 Å². The summed E-state index contributed by atoms with van der Waals surface area (Å²) in [6.07, 6.45) is 10.5. The molecule has 0 spiro atoms. The zero-order valence-electron chi connectivity index (χ0n) is 17.3. The smallest absolute Gasteiger partial charge is 0.246 e. The molecule has 4 saturated carbocycles. The van der Waals surface area contributed by atoms with E-state index in [4.69, 9.17) is 0 Å². The summed E-state index contributed by atoms with van der Waals surface area (Å²) in [4.78, 5) is 25.7. The van der Waals surface area contributed by atoms with E-state index < -0.39 is 6.04 Å². The summed E-state index contributed by atoms with van der Waals surface area (Å²) in [5, 5.41) is 6.00. The van der Waals surface area contributed by atoms with Crippen molar-refractivity contribution in [3.05, 3.63) is 29.8 Å². The van der Waals surface area contributed by atoms with Gasteiger partial charge in [0.2, 0.25) is 11.8 Å². The van der Waals surface area contributed by atoms with Crippen molar-refractivity contribution in [1.82, 2.24) is 5.32 Å². The first-order valence-corrected chi connectivity index (χ1v) is 11.2. The average molecular weight is 383 g/mol. The van der Waals surface area contributed by atoms with E-state index in [1.807, 2.05) is 12.1 Å². The lowest BCUT2D eigenvalue weighted by Gasteiger charge is -2.55. The van der Waals surface area contributed by atoms with E-state index in [9.17, 15) is 9.59 Å². The molecule has 1 aromatic rings. The van der Waals surface area contributed by atoms with Crippen molar-refractivity contribution in [2.45, 2.75) is 77.7 Å². The highest BCUT2D eigenvalue weighted by molar-refractivity contribution is 5.97. The fourth-order valence-corrected chi connectivity index (χ4v) is 6.19. The van der Waals surface area contributed by atoms with Gasteiger partial charge in [-0.25, -0.2) is 0 Å². The Morgan fingerprint density at radius 3 is 2.14 bits per heavy atom. The van der Waals surface area contributed by atoms with E-state index in [0.717, 1.165) is 49.1 Å². The van der Waals surface area contributed by atoms with Gasteiger partial charge in [-0.2, -0.15) is 0 Å². The molecule has 4 nitrogen and oxygen atoms in total. The first-order chi connectivity index (χ1) is 13.5. The normalized spacial score (nSPS) is 31.4. The largest absolute Gasteiger partial charge is 0.344 e. The van der Waals surface area contributed by atoms with Gasteiger partial charge in [-0.3, -0.25) is 9.59 Å².